The van der Waals surface area contributed by atoms with Crippen LogP contribution in [-0.2, 0) is 10.7 Å². The molecule has 4 nitrogen and oxygen atoms in total. The Balaban J connectivity index is 1.87. The Labute approximate surface area is 124 Å². The Bertz CT molecular complexity index is 479. The van der Waals surface area contributed by atoms with Crippen molar-refractivity contribution in [1.29, 1.82) is 0 Å². The summed E-state index contributed by atoms with van der Waals surface area (Å²) in [7, 11) is 0. The van der Waals surface area contributed by atoms with Crippen LogP contribution in [0.2, 0.25) is 0 Å². The number of carbonyl (C=O) groups excluding carboxylic acids is 2. The number of piperidine rings is 1. The van der Waals surface area contributed by atoms with Gasteiger partial charge in [-0.1, -0.05) is 12.1 Å². The second-order valence-corrected chi connectivity index (χ2v) is 5.35. The average Bonchev–Trinajstić information content (AvgIpc) is 2.48. The molecule has 0 radical (unpaired) electrons. The van der Waals surface area contributed by atoms with Gasteiger partial charge in [0.15, 0.2) is 0 Å². The Morgan fingerprint density at radius 3 is 2.35 bits per heavy atom. The molecule has 0 bridgehead atoms. The third-order valence-corrected chi connectivity index (χ3v) is 3.95. The minimum Gasteiger partial charge on any atom is -0.349 e. The Kier molecular flexibility index (Phi) is 5.01. The maximum Gasteiger partial charge on any atom is 0.251 e. The van der Waals surface area contributed by atoms with E-state index in [1.165, 1.54) is 0 Å². The van der Waals surface area contributed by atoms with Gasteiger partial charge in [0, 0.05) is 37.5 Å². The van der Waals surface area contributed by atoms with Crippen molar-refractivity contribution in [2.45, 2.75) is 31.7 Å². The van der Waals surface area contributed by atoms with E-state index in [0.29, 0.717) is 24.5 Å². The van der Waals surface area contributed by atoms with Gasteiger partial charge in [-0.2, -0.15) is 0 Å². The highest BCUT2D eigenvalue weighted by Crippen LogP contribution is 2.12. The summed E-state index contributed by atoms with van der Waals surface area (Å²) in [6, 6.07) is 7.45. The van der Waals surface area contributed by atoms with Crippen LogP contribution in [0.5, 0.6) is 0 Å². The van der Waals surface area contributed by atoms with Gasteiger partial charge in [0.1, 0.15) is 0 Å². The lowest BCUT2D eigenvalue weighted by atomic mass is 10.0. The third kappa shape index (κ3) is 3.73. The Hall–Kier alpha value is -1.55. The Morgan fingerprint density at radius 2 is 1.85 bits per heavy atom. The molecule has 2 rings (SSSR count). The number of likely N-dealkylation sites (tertiary alicyclic amines) is 1. The van der Waals surface area contributed by atoms with Gasteiger partial charge in [-0.15, -0.1) is 11.6 Å². The van der Waals surface area contributed by atoms with E-state index in [-0.39, 0.29) is 17.9 Å². The average molecular weight is 295 g/mol. The highest BCUT2D eigenvalue weighted by atomic mass is 35.5. The van der Waals surface area contributed by atoms with Crippen LogP contribution in [-0.4, -0.2) is 35.8 Å². The van der Waals surface area contributed by atoms with E-state index < -0.39 is 0 Å². The van der Waals surface area contributed by atoms with Crippen molar-refractivity contribution >= 4 is 23.4 Å². The fourth-order valence-corrected chi connectivity index (χ4v) is 2.53. The first kappa shape index (κ1) is 14.9. The number of alkyl halides is 1. The summed E-state index contributed by atoms with van der Waals surface area (Å²) >= 11 is 5.72. The molecular formula is C15H19ClN2O2. The third-order valence-electron chi connectivity index (χ3n) is 3.65. The summed E-state index contributed by atoms with van der Waals surface area (Å²) in [5, 5.41) is 3.02. The summed E-state index contributed by atoms with van der Waals surface area (Å²) in [6.45, 7) is 3.01. The molecule has 108 valence electrons. The molecule has 1 fully saturated rings. The summed E-state index contributed by atoms with van der Waals surface area (Å²) < 4.78 is 0. The largest absolute Gasteiger partial charge is 0.349 e. The van der Waals surface area contributed by atoms with Crippen LogP contribution in [0.15, 0.2) is 24.3 Å². The fraction of sp³-hybridized carbons (Fsp3) is 0.467. The lowest BCUT2D eigenvalue weighted by Crippen LogP contribution is -2.45. The van der Waals surface area contributed by atoms with E-state index in [1.54, 1.807) is 19.1 Å². The number of carbonyl (C=O) groups is 2. The predicted molar refractivity (Wildman–Crippen MR) is 78.7 cm³/mol. The molecule has 20 heavy (non-hydrogen) atoms. The van der Waals surface area contributed by atoms with Gasteiger partial charge in [-0.05, 0) is 30.5 Å². The monoisotopic (exact) mass is 294 g/mol. The minimum absolute atomic E-state index is 0.0626. The highest BCUT2D eigenvalue weighted by Gasteiger charge is 2.22. The van der Waals surface area contributed by atoms with Crippen LogP contribution < -0.4 is 5.32 Å². The van der Waals surface area contributed by atoms with Gasteiger partial charge in [0.05, 0.1) is 0 Å². The molecule has 1 aromatic carbocycles. The van der Waals surface area contributed by atoms with Crippen molar-refractivity contribution in [2.75, 3.05) is 13.1 Å². The second-order valence-electron chi connectivity index (χ2n) is 5.08. The van der Waals surface area contributed by atoms with E-state index >= 15 is 0 Å². The van der Waals surface area contributed by atoms with Crippen LogP contribution in [0.4, 0.5) is 0 Å². The number of halogens is 1. The lowest BCUT2D eigenvalue weighted by molar-refractivity contribution is -0.129. The number of rotatable bonds is 3. The summed E-state index contributed by atoms with van der Waals surface area (Å²) in [4.78, 5) is 25.2. The first-order chi connectivity index (χ1) is 9.60. The van der Waals surface area contributed by atoms with Gasteiger partial charge in [-0.3, -0.25) is 9.59 Å². The number of benzene rings is 1. The van der Waals surface area contributed by atoms with Crippen LogP contribution >= 0.6 is 11.6 Å². The Morgan fingerprint density at radius 1 is 1.25 bits per heavy atom. The number of amides is 2. The van der Waals surface area contributed by atoms with Crippen molar-refractivity contribution in [2.24, 2.45) is 0 Å². The van der Waals surface area contributed by atoms with E-state index in [2.05, 4.69) is 5.32 Å². The molecule has 0 saturated carbocycles. The van der Waals surface area contributed by atoms with Crippen molar-refractivity contribution < 1.29 is 9.59 Å². The molecule has 0 spiro atoms. The lowest BCUT2D eigenvalue weighted by Gasteiger charge is -2.31. The molecule has 1 aliphatic heterocycles. The molecule has 0 aromatic heterocycles. The van der Waals surface area contributed by atoms with E-state index in [0.717, 1.165) is 18.4 Å². The van der Waals surface area contributed by atoms with E-state index in [4.69, 9.17) is 11.6 Å². The highest BCUT2D eigenvalue weighted by molar-refractivity contribution is 6.17. The predicted octanol–water partition coefficient (Wildman–Crippen LogP) is 2.17. The number of nitrogens with one attached hydrogen (secondary N) is 1. The zero-order valence-corrected chi connectivity index (χ0v) is 12.3. The van der Waals surface area contributed by atoms with E-state index in [9.17, 15) is 9.59 Å². The number of hydrogen-bond donors (Lipinski definition) is 1. The second kappa shape index (κ2) is 6.75. The maximum absolute atomic E-state index is 12.1. The van der Waals surface area contributed by atoms with Gasteiger partial charge in [0.2, 0.25) is 5.91 Å². The topological polar surface area (TPSA) is 49.4 Å². The van der Waals surface area contributed by atoms with Crippen molar-refractivity contribution in [1.82, 2.24) is 10.2 Å². The maximum atomic E-state index is 12.1. The zero-order chi connectivity index (χ0) is 14.5. The number of hydrogen-bond acceptors (Lipinski definition) is 2. The minimum atomic E-state index is -0.0626. The quantitative estimate of drug-likeness (QED) is 0.869. The van der Waals surface area contributed by atoms with Gasteiger partial charge < -0.3 is 10.2 Å². The molecule has 5 heteroatoms. The molecule has 1 N–H and O–H groups in total. The SMILES string of the molecule is CC(=O)N1CCC(NC(=O)c2ccc(CCl)cc2)CC1. The molecular weight excluding hydrogens is 276 g/mol. The molecule has 1 aliphatic rings. The van der Waals surface area contributed by atoms with Crippen molar-refractivity contribution in [3.05, 3.63) is 35.4 Å². The van der Waals surface area contributed by atoms with E-state index in [1.807, 2.05) is 17.0 Å². The standard InChI is InChI=1S/C15H19ClN2O2/c1-11(19)18-8-6-14(7-9-18)17-15(20)13-4-2-12(10-16)3-5-13/h2-5,14H,6-10H2,1H3,(H,17,20). The first-order valence-corrected chi connectivity index (χ1v) is 7.35. The molecule has 1 heterocycles. The van der Waals surface area contributed by atoms with Crippen LogP contribution in [0.3, 0.4) is 0 Å². The summed E-state index contributed by atoms with van der Waals surface area (Å²) in [5.74, 6) is 0.490. The van der Waals surface area contributed by atoms with Crippen molar-refractivity contribution in [3.8, 4) is 0 Å². The zero-order valence-electron chi connectivity index (χ0n) is 11.6. The normalized spacial score (nSPS) is 16.0. The summed E-state index contributed by atoms with van der Waals surface area (Å²) in [5.41, 5.74) is 1.64. The van der Waals surface area contributed by atoms with Crippen LogP contribution in [0.1, 0.15) is 35.7 Å². The fourth-order valence-electron chi connectivity index (χ4n) is 2.35. The molecule has 1 saturated heterocycles. The smallest absolute Gasteiger partial charge is 0.251 e. The van der Waals surface area contributed by atoms with Gasteiger partial charge in [-0.25, -0.2) is 0 Å². The number of nitrogens with zero attached hydrogens (tertiary/aromatic N) is 1. The summed E-state index contributed by atoms with van der Waals surface area (Å²) in [6.07, 6.45) is 1.62. The van der Waals surface area contributed by atoms with Crippen LogP contribution in [0, 0.1) is 0 Å². The van der Waals surface area contributed by atoms with Gasteiger partial charge in [0.25, 0.3) is 5.91 Å². The molecule has 1 aromatic rings. The molecule has 2 amide bonds. The van der Waals surface area contributed by atoms with Crippen molar-refractivity contribution in [3.63, 3.8) is 0 Å². The van der Waals surface area contributed by atoms with Gasteiger partial charge >= 0.3 is 0 Å². The molecule has 0 atom stereocenters. The molecule has 0 aliphatic carbocycles. The van der Waals surface area contributed by atoms with Crippen LogP contribution in [0.25, 0.3) is 0 Å². The first-order valence-electron chi connectivity index (χ1n) is 6.81. The molecule has 0 unspecified atom stereocenters.